The first-order chi connectivity index (χ1) is 12.0. The molecule has 0 radical (unpaired) electrons. The minimum atomic E-state index is -0.489. The number of halogens is 3. The Bertz CT molecular complexity index is 820. The summed E-state index contributed by atoms with van der Waals surface area (Å²) < 4.78 is 13.1. The normalized spacial score (nSPS) is 14.5. The van der Waals surface area contributed by atoms with Gasteiger partial charge in [-0.05, 0) is 30.3 Å². The zero-order chi connectivity index (χ0) is 18.0. The molecule has 0 bridgehead atoms. The summed E-state index contributed by atoms with van der Waals surface area (Å²) in [5, 5.41) is 0.490. The van der Waals surface area contributed by atoms with E-state index in [4.69, 9.17) is 23.2 Å². The van der Waals surface area contributed by atoms with Gasteiger partial charge in [0.1, 0.15) is 5.82 Å². The smallest absolute Gasteiger partial charge is 0.255 e. The van der Waals surface area contributed by atoms with Crippen LogP contribution in [0.2, 0.25) is 10.0 Å². The lowest BCUT2D eigenvalue weighted by Crippen LogP contribution is -2.50. The fourth-order valence-electron chi connectivity index (χ4n) is 2.75. The summed E-state index contributed by atoms with van der Waals surface area (Å²) in [4.78, 5) is 28.3. The molecule has 1 aliphatic rings. The van der Waals surface area contributed by atoms with E-state index in [-0.39, 0.29) is 22.4 Å². The number of nitrogens with zero attached hydrogens (tertiary/aromatic N) is 2. The molecule has 25 heavy (non-hydrogen) atoms. The molecular formula is C18H15Cl2FN2O2. The molecule has 2 aromatic rings. The topological polar surface area (TPSA) is 40.6 Å². The first kappa shape index (κ1) is 17.7. The van der Waals surface area contributed by atoms with Crippen molar-refractivity contribution >= 4 is 35.0 Å². The zero-order valence-corrected chi connectivity index (χ0v) is 14.7. The molecule has 0 N–H and O–H groups in total. The lowest BCUT2D eigenvalue weighted by atomic mass is 10.1. The Hall–Kier alpha value is -2.11. The van der Waals surface area contributed by atoms with Crippen LogP contribution >= 0.6 is 23.2 Å². The van der Waals surface area contributed by atoms with E-state index in [1.165, 1.54) is 12.1 Å². The van der Waals surface area contributed by atoms with Gasteiger partial charge in [-0.2, -0.15) is 0 Å². The van der Waals surface area contributed by atoms with Gasteiger partial charge >= 0.3 is 0 Å². The van der Waals surface area contributed by atoms with Crippen molar-refractivity contribution in [3.63, 3.8) is 0 Å². The Morgan fingerprint density at radius 3 is 1.84 bits per heavy atom. The van der Waals surface area contributed by atoms with Crippen LogP contribution < -0.4 is 0 Å². The average Bonchev–Trinajstić information content (AvgIpc) is 2.61. The minimum absolute atomic E-state index is 0.0829. The van der Waals surface area contributed by atoms with Gasteiger partial charge in [0.25, 0.3) is 11.8 Å². The van der Waals surface area contributed by atoms with Gasteiger partial charge in [0.15, 0.2) is 0 Å². The highest BCUT2D eigenvalue weighted by molar-refractivity contribution is 6.34. The Labute approximate surface area is 154 Å². The van der Waals surface area contributed by atoms with Crippen LogP contribution in [0.15, 0.2) is 42.5 Å². The third-order valence-corrected chi connectivity index (χ3v) is 4.76. The van der Waals surface area contributed by atoms with Crippen LogP contribution in [0.25, 0.3) is 0 Å². The predicted octanol–water partition coefficient (Wildman–Crippen LogP) is 3.73. The molecule has 1 fully saturated rings. The molecule has 1 saturated heterocycles. The van der Waals surface area contributed by atoms with Crippen molar-refractivity contribution in [2.24, 2.45) is 0 Å². The van der Waals surface area contributed by atoms with Crippen LogP contribution in [0.3, 0.4) is 0 Å². The number of rotatable bonds is 2. The molecule has 2 amide bonds. The lowest BCUT2D eigenvalue weighted by Gasteiger charge is -2.35. The molecule has 3 rings (SSSR count). The van der Waals surface area contributed by atoms with Crippen LogP contribution in [-0.2, 0) is 0 Å². The highest BCUT2D eigenvalue weighted by atomic mass is 35.5. The van der Waals surface area contributed by atoms with Crippen molar-refractivity contribution in [1.29, 1.82) is 0 Å². The number of hydrogen-bond acceptors (Lipinski definition) is 2. The van der Waals surface area contributed by atoms with Gasteiger partial charge in [0.05, 0.1) is 21.2 Å². The summed E-state index contributed by atoms with van der Waals surface area (Å²) in [6, 6.07) is 10.6. The van der Waals surface area contributed by atoms with Crippen molar-refractivity contribution in [2.75, 3.05) is 26.2 Å². The lowest BCUT2D eigenvalue weighted by molar-refractivity contribution is 0.0535. The summed E-state index contributed by atoms with van der Waals surface area (Å²) in [5.74, 6) is -0.913. The molecule has 1 aliphatic heterocycles. The third-order valence-electron chi connectivity index (χ3n) is 4.12. The van der Waals surface area contributed by atoms with E-state index in [2.05, 4.69) is 0 Å². The largest absolute Gasteiger partial charge is 0.335 e. The maximum absolute atomic E-state index is 13.1. The van der Waals surface area contributed by atoms with E-state index < -0.39 is 5.82 Å². The number of hydrogen-bond donors (Lipinski definition) is 0. The van der Waals surface area contributed by atoms with Gasteiger partial charge in [0.2, 0.25) is 0 Å². The van der Waals surface area contributed by atoms with E-state index in [0.29, 0.717) is 36.8 Å². The zero-order valence-electron chi connectivity index (χ0n) is 13.2. The highest BCUT2D eigenvalue weighted by Gasteiger charge is 2.27. The van der Waals surface area contributed by atoms with Crippen molar-refractivity contribution < 1.29 is 14.0 Å². The molecule has 1 heterocycles. The SMILES string of the molecule is O=C(c1ccccc1Cl)N1CCN(C(=O)c2ccc(F)cc2Cl)CC1. The van der Waals surface area contributed by atoms with Crippen molar-refractivity contribution in [2.45, 2.75) is 0 Å². The monoisotopic (exact) mass is 380 g/mol. The van der Waals surface area contributed by atoms with Gasteiger partial charge in [-0.15, -0.1) is 0 Å². The molecule has 0 atom stereocenters. The molecule has 130 valence electrons. The van der Waals surface area contributed by atoms with Gasteiger partial charge in [-0.25, -0.2) is 4.39 Å². The molecular weight excluding hydrogens is 366 g/mol. The summed E-state index contributed by atoms with van der Waals surface area (Å²) in [7, 11) is 0. The van der Waals surface area contributed by atoms with Crippen molar-refractivity contribution in [3.8, 4) is 0 Å². The quantitative estimate of drug-likeness (QED) is 0.796. The summed E-state index contributed by atoms with van der Waals surface area (Å²) >= 11 is 12.0. The molecule has 0 aliphatic carbocycles. The second-order valence-corrected chi connectivity index (χ2v) is 6.50. The highest BCUT2D eigenvalue weighted by Crippen LogP contribution is 2.21. The predicted molar refractivity (Wildman–Crippen MR) is 94.7 cm³/mol. The Balaban J connectivity index is 1.66. The van der Waals surface area contributed by atoms with Crippen LogP contribution in [0.4, 0.5) is 4.39 Å². The summed E-state index contributed by atoms with van der Waals surface area (Å²) in [6.07, 6.45) is 0. The summed E-state index contributed by atoms with van der Waals surface area (Å²) in [5.41, 5.74) is 0.708. The standard InChI is InChI=1S/C18H15Cl2FN2O2/c19-15-4-2-1-3-13(15)17(24)22-7-9-23(10-8-22)18(25)14-6-5-12(21)11-16(14)20/h1-6,11H,7-10H2. The van der Waals surface area contributed by atoms with Gasteiger partial charge < -0.3 is 9.80 Å². The molecule has 0 spiro atoms. The minimum Gasteiger partial charge on any atom is -0.335 e. The number of carbonyl (C=O) groups excluding carboxylic acids is 2. The number of piperazine rings is 1. The summed E-state index contributed by atoms with van der Waals surface area (Å²) in [6.45, 7) is 1.55. The Kier molecular flexibility index (Phi) is 5.25. The van der Waals surface area contributed by atoms with Gasteiger partial charge in [-0.1, -0.05) is 35.3 Å². The Morgan fingerprint density at radius 1 is 0.800 bits per heavy atom. The van der Waals surface area contributed by atoms with E-state index in [0.717, 1.165) is 6.07 Å². The first-order valence-corrected chi connectivity index (χ1v) is 8.51. The second-order valence-electron chi connectivity index (χ2n) is 5.69. The Morgan fingerprint density at radius 2 is 1.32 bits per heavy atom. The van der Waals surface area contributed by atoms with E-state index >= 15 is 0 Å². The second kappa shape index (κ2) is 7.42. The molecule has 0 saturated carbocycles. The fourth-order valence-corrected chi connectivity index (χ4v) is 3.22. The molecule has 2 aromatic carbocycles. The molecule has 0 aromatic heterocycles. The maximum Gasteiger partial charge on any atom is 0.255 e. The third kappa shape index (κ3) is 3.78. The number of benzene rings is 2. The van der Waals surface area contributed by atoms with E-state index in [1.54, 1.807) is 34.1 Å². The maximum atomic E-state index is 13.1. The number of amides is 2. The number of carbonyl (C=O) groups is 2. The van der Waals surface area contributed by atoms with Crippen LogP contribution in [-0.4, -0.2) is 47.8 Å². The van der Waals surface area contributed by atoms with Crippen LogP contribution in [0.1, 0.15) is 20.7 Å². The first-order valence-electron chi connectivity index (χ1n) is 7.75. The van der Waals surface area contributed by atoms with Crippen molar-refractivity contribution in [1.82, 2.24) is 9.80 Å². The molecule has 0 unspecified atom stereocenters. The van der Waals surface area contributed by atoms with Crippen LogP contribution in [0, 0.1) is 5.82 Å². The molecule has 7 heteroatoms. The van der Waals surface area contributed by atoms with E-state index in [1.807, 2.05) is 0 Å². The average molecular weight is 381 g/mol. The molecule has 4 nitrogen and oxygen atoms in total. The van der Waals surface area contributed by atoms with Gasteiger partial charge in [0, 0.05) is 26.2 Å². The van der Waals surface area contributed by atoms with E-state index in [9.17, 15) is 14.0 Å². The fraction of sp³-hybridized carbons (Fsp3) is 0.222. The van der Waals surface area contributed by atoms with Crippen molar-refractivity contribution in [3.05, 3.63) is 69.5 Å². The van der Waals surface area contributed by atoms with Crippen LogP contribution in [0.5, 0.6) is 0 Å². The van der Waals surface area contributed by atoms with Gasteiger partial charge in [-0.3, -0.25) is 9.59 Å².